The van der Waals surface area contributed by atoms with Crippen molar-refractivity contribution in [1.82, 2.24) is 0 Å². The molecule has 0 bridgehead atoms. The highest BCUT2D eigenvalue weighted by Crippen LogP contribution is 2.30. The van der Waals surface area contributed by atoms with Gasteiger partial charge in [-0.25, -0.2) is 9.59 Å². The fraction of sp³-hybridized carbons (Fsp3) is 0.0435. The number of hydrogen-bond donors (Lipinski definition) is 0. The van der Waals surface area contributed by atoms with Crippen LogP contribution in [0.4, 0.5) is 0 Å². The smallest absolute Gasteiger partial charge is 0.344 e. The van der Waals surface area contributed by atoms with Crippen LogP contribution in [-0.4, -0.2) is 5.97 Å². The molecule has 3 aromatic carbocycles. The number of aryl methyl sites for hydroxylation is 1. The standard InChI is InChI=1S/C23H14BrClO4/c1-13-19-12-18(28-22(26)15-2-6-16(24)7-3-15)10-11-20(19)29-23(27)21(13)14-4-8-17(25)9-5-14/h2-12H,1H3. The Labute approximate surface area is 179 Å². The van der Waals surface area contributed by atoms with Crippen molar-refractivity contribution in [3.8, 4) is 16.9 Å². The number of ether oxygens (including phenoxy) is 1. The van der Waals surface area contributed by atoms with E-state index in [0.29, 0.717) is 38.4 Å². The molecule has 0 aliphatic rings. The summed E-state index contributed by atoms with van der Waals surface area (Å²) in [6, 6.07) is 18.8. The maximum absolute atomic E-state index is 12.5. The van der Waals surface area contributed by atoms with Crippen LogP contribution in [0.3, 0.4) is 0 Å². The van der Waals surface area contributed by atoms with E-state index in [0.717, 1.165) is 10.0 Å². The van der Waals surface area contributed by atoms with Gasteiger partial charge in [0.05, 0.1) is 11.1 Å². The molecule has 0 unspecified atom stereocenters. The van der Waals surface area contributed by atoms with Crippen molar-refractivity contribution in [2.45, 2.75) is 6.92 Å². The molecule has 4 rings (SSSR count). The largest absolute Gasteiger partial charge is 0.423 e. The molecule has 1 aromatic heterocycles. The third-order valence-electron chi connectivity index (χ3n) is 4.56. The van der Waals surface area contributed by atoms with Crippen LogP contribution in [0.2, 0.25) is 5.02 Å². The van der Waals surface area contributed by atoms with Gasteiger partial charge < -0.3 is 9.15 Å². The Hall–Kier alpha value is -2.89. The highest BCUT2D eigenvalue weighted by molar-refractivity contribution is 9.10. The van der Waals surface area contributed by atoms with Crippen molar-refractivity contribution in [2.24, 2.45) is 0 Å². The van der Waals surface area contributed by atoms with Gasteiger partial charge in [-0.2, -0.15) is 0 Å². The fourth-order valence-electron chi connectivity index (χ4n) is 3.10. The predicted molar refractivity (Wildman–Crippen MR) is 117 cm³/mol. The first-order chi connectivity index (χ1) is 13.9. The molecule has 4 aromatic rings. The van der Waals surface area contributed by atoms with Gasteiger partial charge in [0.25, 0.3) is 0 Å². The zero-order valence-electron chi connectivity index (χ0n) is 15.2. The second kappa shape index (κ2) is 7.85. The van der Waals surface area contributed by atoms with Crippen molar-refractivity contribution in [2.75, 3.05) is 0 Å². The van der Waals surface area contributed by atoms with Crippen molar-refractivity contribution in [3.63, 3.8) is 0 Å². The topological polar surface area (TPSA) is 56.5 Å². The second-order valence-electron chi connectivity index (χ2n) is 6.45. The van der Waals surface area contributed by atoms with E-state index in [1.165, 1.54) is 0 Å². The molecular formula is C23H14BrClO4. The summed E-state index contributed by atoms with van der Waals surface area (Å²) in [4.78, 5) is 24.9. The monoisotopic (exact) mass is 468 g/mol. The zero-order valence-corrected chi connectivity index (χ0v) is 17.6. The van der Waals surface area contributed by atoms with Gasteiger partial charge in [0.2, 0.25) is 0 Å². The van der Waals surface area contributed by atoms with Gasteiger partial charge >= 0.3 is 11.6 Å². The van der Waals surface area contributed by atoms with E-state index in [1.807, 2.05) is 6.92 Å². The predicted octanol–water partition coefficient (Wildman–Crippen LogP) is 6.40. The minimum Gasteiger partial charge on any atom is -0.423 e. The quantitative estimate of drug-likeness (QED) is 0.198. The number of carbonyl (C=O) groups is 1. The summed E-state index contributed by atoms with van der Waals surface area (Å²) in [6.45, 7) is 1.84. The average Bonchev–Trinajstić information content (AvgIpc) is 2.70. The van der Waals surface area contributed by atoms with Gasteiger partial charge in [-0.1, -0.05) is 39.7 Å². The molecule has 6 heteroatoms. The lowest BCUT2D eigenvalue weighted by Crippen LogP contribution is -2.09. The molecular weight excluding hydrogens is 456 g/mol. The number of hydrogen-bond acceptors (Lipinski definition) is 4. The van der Waals surface area contributed by atoms with Gasteiger partial charge in [0.1, 0.15) is 11.3 Å². The lowest BCUT2D eigenvalue weighted by Gasteiger charge is -2.10. The van der Waals surface area contributed by atoms with Crippen LogP contribution in [0.5, 0.6) is 5.75 Å². The summed E-state index contributed by atoms with van der Waals surface area (Å²) in [5, 5.41) is 1.27. The van der Waals surface area contributed by atoms with Crippen LogP contribution in [0.25, 0.3) is 22.1 Å². The van der Waals surface area contributed by atoms with Crippen LogP contribution in [0.1, 0.15) is 15.9 Å². The highest BCUT2D eigenvalue weighted by Gasteiger charge is 2.15. The van der Waals surface area contributed by atoms with E-state index in [2.05, 4.69) is 15.9 Å². The Bertz CT molecular complexity index is 1280. The minimum atomic E-state index is -0.468. The van der Waals surface area contributed by atoms with Crippen molar-refractivity contribution in [1.29, 1.82) is 0 Å². The fourth-order valence-corrected chi connectivity index (χ4v) is 3.49. The average molecular weight is 470 g/mol. The number of rotatable bonds is 3. The first-order valence-corrected chi connectivity index (χ1v) is 9.90. The van der Waals surface area contributed by atoms with E-state index in [4.69, 9.17) is 20.8 Å². The van der Waals surface area contributed by atoms with Gasteiger partial charge in [0.15, 0.2) is 0 Å². The number of benzene rings is 3. The molecule has 0 N–H and O–H groups in total. The molecule has 144 valence electrons. The SMILES string of the molecule is Cc1c(-c2ccc(Cl)cc2)c(=O)oc2ccc(OC(=O)c3ccc(Br)cc3)cc12. The van der Waals surface area contributed by atoms with Crippen molar-refractivity contribution >= 4 is 44.5 Å². The number of fused-ring (bicyclic) bond motifs is 1. The first kappa shape index (κ1) is 19.4. The van der Waals surface area contributed by atoms with Crippen LogP contribution in [0, 0.1) is 6.92 Å². The Morgan fingerprint density at radius 1 is 1.00 bits per heavy atom. The van der Waals surface area contributed by atoms with E-state index in [1.54, 1.807) is 66.7 Å². The molecule has 0 saturated heterocycles. The normalized spacial score (nSPS) is 10.9. The Balaban J connectivity index is 1.75. The zero-order chi connectivity index (χ0) is 20.5. The van der Waals surface area contributed by atoms with Gasteiger partial charge in [-0.05, 0) is 72.6 Å². The van der Waals surface area contributed by atoms with Gasteiger partial charge in [-0.15, -0.1) is 0 Å². The third kappa shape index (κ3) is 3.97. The van der Waals surface area contributed by atoms with Crippen LogP contribution in [-0.2, 0) is 0 Å². The summed E-state index contributed by atoms with van der Waals surface area (Å²) in [5.41, 5.74) is 2.32. The summed E-state index contributed by atoms with van der Waals surface area (Å²) in [6.07, 6.45) is 0. The highest BCUT2D eigenvalue weighted by atomic mass is 79.9. The van der Waals surface area contributed by atoms with Crippen molar-refractivity contribution in [3.05, 3.63) is 97.8 Å². The number of halogens is 2. The molecule has 0 aliphatic carbocycles. The van der Waals surface area contributed by atoms with Crippen LogP contribution >= 0.6 is 27.5 Å². The van der Waals surface area contributed by atoms with E-state index < -0.39 is 11.6 Å². The first-order valence-electron chi connectivity index (χ1n) is 8.73. The summed E-state index contributed by atoms with van der Waals surface area (Å²) in [5.74, 6) is -0.103. The molecule has 0 atom stereocenters. The summed E-state index contributed by atoms with van der Waals surface area (Å²) >= 11 is 9.29. The Kier molecular flexibility index (Phi) is 5.26. The van der Waals surface area contributed by atoms with Crippen LogP contribution in [0.15, 0.2) is 80.4 Å². The molecule has 0 radical (unpaired) electrons. The summed E-state index contributed by atoms with van der Waals surface area (Å²) in [7, 11) is 0. The molecule has 0 fully saturated rings. The van der Waals surface area contributed by atoms with E-state index in [-0.39, 0.29) is 0 Å². The molecule has 0 saturated carbocycles. The number of esters is 1. The molecule has 0 amide bonds. The lowest BCUT2D eigenvalue weighted by atomic mass is 9.99. The Morgan fingerprint density at radius 2 is 1.69 bits per heavy atom. The minimum absolute atomic E-state index is 0.365. The maximum atomic E-state index is 12.5. The van der Waals surface area contributed by atoms with E-state index in [9.17, 15) is 9.59 Å². The molecule has 0 aliphatic heterocycles. The van der Waals surface area contributed by atoms with Crippen molar-refractivity contribution < 1.29 is 13.9 Å². The number of carbonyl (C=O) groups excluding carboxylic acids is 1. The lowest BCUT2D eigenvalue weighted by molar-refractivity contribution is 0.0735. The summed E-state index contributed by atoms with van der Waals surface area (Å²) < 4.78 is 11.9. The van der Waals surface area contributed by atoms with Crippen LogP contribution < -0.4 is 10.4 Å². The second-order valence-corrected chi connectivity index (χ2v) is 7.80. The van der Waals surface area contributed by atoms with Gasteiger partial charge in [0, 0.05) is 14.9 Å². The molecule has 0 spiro atoms. The third-order valence-corrected chi connectivity index (χ3v) is 5.34. The van der Waals surface area contributed by atoms with Gasteiger partial charge in [-0.3, -0.25) is 0 Å². The Morgan fingerprint density at radius 3 is 2.38 bits per heavy atom. The maximum Gasteiger partial charge on any atom is 0.344 e. The molecule has 29 heavy (non-hydrogen) atoms. The molecule has 1 heterocycles. The van der Waals surface area contributed by atoms with E-state index >= 15 is 0 Å². The molecule has 4 nitrogen and oxygen atoms in total.